The fourth-order valence-electron chi connectivity index (χ4n) is 2.29. The van der Waals surface area contributed by atoms with Crippen LogP contribution in [0.1, 0.15) is 27.3 Å². The Labute approximate surface area is 133 Å². The van der Waals surface area contributed by atoms with Crippen molar-refractivity contribution in [1.29, 1.82) is 0 Å². The quantitative estimate of drug-likeness (QED) is 0.854. The van der Waals surface area contributed by atoms with Crippen LogP contribution in [0.5, 0.6) is 0 Å². The number of carbonyl (C=O) groups excluding carboxylic acids is 1. The maximum absolute atomic E-state index is 13.2. The minimum Gasteiger partial charge on any atom is -0.327 e. The van der Waals surface area contributed by atoms with Crippen LogP contribution >= 0.6 is 27.3 Å². The molecule has 1 aromatic carbocycles. The molecule has 1 heterocycles. The van der Waals surface area contributed by atoms with Gasteiger partial charge in [0.05, 0.1) is 11.3 Å². The van der Waals surface area contributed by atoms with Gasteiger partial charge in [0.2, 0.25) is 0 Å². The van der Waals surface area contributed by atoms with Crippen LogP contribution in [0, 0.1) is 5.82 Å². The number of fused-ring (bicyclic) bond motifs is 1. The predicted molar refractivity (Wildman–Crippen MR) is 84.2 cm³/mol. The molecule has 0 saturated heterocycles. The number of hydrogen-bond donors (Lipinski definition) is 2. The van der Waals surface area contributed by atoms with Crippen molar-refractivity contribution in [2.75, 3.05) is 5.32 Å². The molecule has 0 radical (unpaired) electrons. The number of rotatable bonds is 2. The van der Waals surface area contributed by atoms with Crippen LogP contribution in [-0.2, 0) is 12.8 Å². The number of nitrogens with one attached hydrogen (secondary N) is 1. The molecule has 1 aliphatic rings. The molecule has 0 saturated carbocycles. The Morgan fingerprint density at radius 2 is 2.33 bits per heavy atom. The number of nitrogens with zero attached hydrogens (tertiary/aromatic N) is 1. The number of hydrogen-bond acceptors (Lipinski definition) is 4. The lowest BCUT2D eigenvalue weighted by Gasteiger charge is -2.15. The minimum absolute atomic E-state index is 0.166. The standard InChI is InChI=1S/C14H13BrFN3OS/c15-10-3-1-7(16)5-9(10)13(20)19-14-18-11-4-2-8(17)6-12(11)21-14/h1,3,5,8H,2,4,6,17H2,(H,18,19,20)/t8-/m0/s1. The van der Waals surface area contributed by atoms with Gasteiger partial charge in [-0.1, -0.05) is 0 Å². The van der Waals surface area contributed by atoms with E-state index in [1.54, 1.807) is 0 Å². The van der Waals surface area contributed by atoms with Crippen LogP contribution in [0.2, 0.25) is 0 Å². The minimum atomic E-state index is -0.451. The Balaban J connectivity index is 1.80. The van der Waals surface area contributed by atoms with Gasteiger partial charge in [-0.05, 0) is 53.4 Å². The monoisotopic (exact) mass is 369 g/mol. The Bertz CT molecular complexity index is 704. The molecular formula is C14H13BrFN3OS. The summed E-state index contributed by atoms with van der Waals surface area (Å²) in [5.74, 6) is -0.829. The van der Waals surface area contributed by atoms with E-state index in [1.165, 1.54) is 29.5 Å². The topological polar surface area (TPSA) is 68.0 Å². The molecule has 110 valence electrons. The molecule has 2 aromatic rings. The summed E-state index contributed by atoms with van der Waals surface area (Å²) < 4.78 is 13.8. The number of thiazole rings is 1. The van der Waals surface area contributed by atoms with Gasteiger partial charge in [-0.2, -0.15) is 0 Å². The van der Waals surface area contributed by atoms with Crippen molar-refractivity contribution in [1.82, 2.24) is 4.98 Å². The number of nitrogens with two attached hydrogens (primary N) is 1. The van der Waals surface area contributed by atoms with E-state index in [9.17, 15) is 9.18 Å². The molecule has 1 aliphatic carbocycles. The van der Waals surface area contributed by atoms with E-state index in [0.717, 1.165) is 29.8 Å². The third-order valence-corrected chi connectivity index (χ3v) is 5.10. The Morgan fingerprint density at radius 3 is 3.14 bits per heavy atom. The summed E-state index contributed by atoms with van der Waals surface area (Å²) in [4.78, 5) is 17.8. The van der Waals surface area contributed by atoms with Crippen LogP contribution in [0.4, 0.5) is 9.52 Å². The number of benzene rings is 1. The maximum atomic E-state index is 13.2. The summed E-state index contributed by atoms with van der Waals surface area (Å²) in [6.07, 6.45) is 2.55. The average molecular weight is 370 g/mol. The van der Waals surface area contributed by atoms with Gasteiger partial charge >= 0.3 is 0 Å². The molecule has 1 aromatic heterocycles. The third kappa shape index (κ3) is 3.14. The van der Waals surface area contributed by atoms with E-state index in [2.05, 4.69) is 26.2 Å². The normalized spacial score (nSPS) is 17.4. The van der Waals surface area contributed by atoms with E-state index in [1.807, 2.05) is 0 Å². The number of aryl methyl sites for hydroxylation is 1. The first kappa shape index (κ1) is 14.6. The van der Waals surface area contributed by atoms with Crippen molar-refractivity contribution in [3.05, 3.63) is 44.6 Å². The Kier molecular flexibility index (Phi) is 4.05. The lowest BCUT2D eigenvalue weighted by Crippen LogP contribution is -2.27. The van der Waals surface area contributed by atoms with Crippen molar-refractivity contribution in [3.8, 4) is 0 Å². The van der Waals surface area contributed by atoms with Gasteiger partial charge in [-0.25, -0.2) is 9.37 Å². The molecule has 7 heteroatoms. The number of anilines is 1. The molecule has 0 bridgehead atoms. The third-order valence-electron chi connectivity index (χ3n) is 3.37. The smallest absolute Gasteiger partial charge is 0.258 e. The summed E-state index contributed by atoms with van der Waals surface area (Å²) in [6.45, 7) is 0. The number of halogens is 2. The van der Waals surface area contributed by atoms with Crippen molar-refractivity contribution in [3.63, 3.8) is 0 Å². The van der Waals surface area contributed by atoms with E-state index >= 15 is 0 Å². The highest BCUT2D eigenvalue weighted by Gasteiger charge is 2.21. The highest BCUT2D eigenvalue weighted by molar-refractivity contribution is 9.10. The predicted octanol–water partition coefficient (Wildman–Crippen LogP) is 3.11. The van der Waals surface area contributed by atoms with Gasteiger partial charge in [0.1, 0.15) is 5.82 Å². The lowest BCUT2D eigenvalue weighted by atomic mass is 9.99. The fraction of sp³-hybridized carbons (Fsp3) is 0.286. The van der Waals surface area contributed by atoms with E-state index in [4.69, 9.17) is 5.73 Å². The molecule has 21 heavy (non-hydrogen) atoms. The molecule has 3 rings (SSSR count). The zero-order chi connectivity index (χ0) is 15.0. The number of amides is 1. The van der Waals surface area contributed by atoms with Crippen LogP contribution in [0.25, 0.3) is 0 Å². The second kappa shape index (κ2) is 5.82. The van der Waals surface area contributed by atoms with Crippen LogP contribution in [0.3, 0.4) is 0 Å². The summed E-state index contributed by atoms with van der Waals surface area (Å²) in [6, 6.07) is 4.17. The molecule has 1 amide bonds. The van der Waals surface area contributed by atoms with Gasteiger partial charge in [-0.15, -0.1) is 11.3 Å². The highest BCUT2D eigenvalue weighted by Crippen LogP contribution is 2.30. The van der Waals surface area contributed by atoms with E-state index in [-0.39, 0.29) is 17.5 Å². The lowest BCUT2D eigenvalue weighted by molar-refractivity contribution is 0.102. The summed E-state index contributed by atoms with van der Waals surface area (Å²) in [7, 11) is 0. The van der Waals surface area contributed by atoms with Crippen molar-refractivity contribution in [2.45, 2.75) is 25.3 Å². The van der Waals surface area contributed by atoms with Gasteiger partial charge in [-0.3, -0.25) is 10.1 Å². The van der Waals surface area contributed by atoms with Gasteiger partial charge in [0.15, 0.2) is 5.13 Å². The summed E-state index contributed by atoms with van der Waals surface area (Å²) in [5.41, 5.74) is 7.19. The molecule has 4 nitrogen and oxygen atoms in total. The van der Waals surface area contributed by atoms with Gasteiger partial charge in [0, 0.05) is 15.4 Å². The zero-order valence-electron chi connectivity index (χ0n) is 11.0. The molecule has 0 aliphatic heterocycles. The first-order valence-corrected chi connectivity index (χ1v) is 8.14. The van der Waals surface area contributed by atoms with Crippen molar-refractivity contribution in [2.24, 2.45) is 5.73 Å². The molecular weight excluding hydrogens is 357 g/mol. The van der Waals surface area contributed by atoms with Gasteiger partial charge in [0.25, 0.3) is 5.91 Å². The second-order valence-corrected chi connectivity index (χ2v) is 6.91. The molecule has 0 fully saturated rings. The number of carbonyl (C=O) groups is 1. The maximum Gasteiger partial charge on any atom is 0.258 e. The van der Waals surface area contributed by atoms with Crippen LogP contribution < -0.4 is 11.1 Å². The molecule has 0 unspecified atom stereocenters. The summed E-state index contributed by atoms with van der Waals surface area (Å²) in [5, 5.41) is 3.27. The van der Waals surface area contributed by atoms with Crippen LogP contribution in [0.15, 0.2) is 22.7 Å². The van der Waals surface area contributed by atoms with Crippen molar-refractivity contribution >= 4 is 38.3 Å². The second-order valence-electron chi connectivity index (χ2n) is 4.97. The Morgan fingerprint density at radius 1 is 1.52 bits per heavy atom. The Hall–Kier alpha value is -1.31. The highest BCUT2D eigenvalue weighted by atomic mass is 79.9. The largest absolute Gasteiger partial charge is 0.327 e. The molecule has 0 spiro atoms. The van der Waals surface area contributed by atoms with E-state index < -0.39 is 5.82 Å². The molecule has 1 atom stereocenters. The number of aromatic nitrogens is 1. The molecule has 3 N–H and O–H groups in total. The summed E-state index contributed by atoms with van der Waals surface area (Å²) >= 11 is 4.69. The average Bonchev–Trinajstić information content (AvgIpc) is 2.82. The first-order chi connectivity index (χ1) is 10.0. The zero-order valence-corrected chi connectivity index (χ0v) is 13.4. The van der Waals surface area contributed by atoms with Crippen molar-refractivity contribution < 1.29 is 9.18 Å². The SMILES string of the molecule is N[C@H]1CCc2nc(NC(=O)c3cc(F)ccc3Br)sc2C1. The fourth-order valence-corrected chi connectivity index (χ4v) is 3.81. The van der Waals surface area contributed by atoms with Crippen LogP contribution in [-0.4, -0.2) is 16.9 Å². The van der Waals surface area contributed by atoms with Gasteiger partial charge < -0.3 is 5.73 Å². The van der Waals surface area contributed by atoms with E-state index in [0.29, 0.717) is 9.60 Å². The first-order valence-electron chi connectivity index (χ1n) is 6.53.